The molecule has 2 rings (SSSR count). The molecule has 2 aromatic carbocycles. The van der Waals surface area contributed by atoms with E-state index in [1.807, 2.05) is 6.07 Å². The van der Waals surface area contributed by atoms with Gasteiger partial charge in [-0.25, -0.2) is 4.39 Å². The van der Waals surface area contributed by atoms with Crippen LogP contribution < -0.4 is 0 Å². The van der Waals surface area contributed by atoms with Gasteiger partial charge in [0.05, 0.1) is 11.6 Å². The van der Waals surface area contributed by atoms with Gasteiger partial charge >= 0.3 is 0 Å². The average molecular weight is 239 g/mol. The van der Waals surface area contributed by atoms with E-state index in [2.05, 4.69) is 0 Å². The largest absolute Gasteiger partial charge is 0.298 e. The smallest absolute Gasteiger partial charge is 0.150 e. The third-order valence-corrected chi connectivity index (χ3v) is 2.79. The van der Waals surface area contributed by atoms with Gasteiger partial charge in [0.15, 0.2) is 0 Å². The molecule has 0 aliphatic carbocycles. The van der Waals surface area contributed by atoms with Gasteiger partial charge in [0.25, 0.3) is 0 Å². The monoisotopic (exact) mass is 239 g/mol. The molecular formula is C15H10FNO. The Morgan fingerprint density at radius 2 is 1.83 bits per heavy atom. The molecule has 0 fully saturated rings. The first kappa shape index (κ1) is 12.0. The van der Waals surface area contributed by atoms with Crippen LogP contribution in [-0.4, -0.2) is 6.29 Å². The molecule has 0 aliphatic heterocycles. The fourth-order valence-electron chi connectivity index (χ4n) is 1.78. The highest BCUT2D eigenvalue weighted by Gasteiger charge is 2.13. The van der Waals surface area contributed by atoms with Crippen LogP contribution in [0.15, 0.2) is 36.4 Å². The van der Waals surface area contributed by atoms with Crippen LogP contribution >= 0.6 is 0 Å². The molecule has 0 aromatic heterocycles. The quantitative estimate of drug-likeness (QED) is 0.753. The van der Waals surface area contributed by atoms with Gasteiger partial charge in [0, 0.05) is 11.1 Å². The lowest BCUT2D eigenvalue weighted by Crippen LogP contribution is -1.93. The first-order chi connectivity index (χ1) is 8.67. The summed E-state index contributed by atoms with van der Waals surface area (Å²) in [4.78, 5) is 10.6. The summed E-state index contributed by atoms with van der Waals surface area (Å²) >= 11 is 0. The molecule has 3 heteroatoms. The van der Waals surface area contributed by atoms with Crippen LogP contribution in [0.5, 0.6) is 0 Å². The highest BCUT2D eigenvalue weighted by Crippen LogP contribution is 2.28. The van der Waals surface area contributed by atoms with Crippen molar-refractivity contribution in [3.8, 4) is 17.2 Å². The molecule has 2 nitrogen and oxygen atoms in total. The van der Waals surface area contributed by atoms with Crippen LogP contribution in [-0.2, 0) is 0 Å². The second kappa shape index (κ2) is 4.80. The second-order valence-electron chi connectivity index (χ2n) is 3.97. The summed E-state index contributed by atoms with van der Waals surface area (Å²) in [6, 6.07) is 11.6. The SMILES string of the molecule is Cc1ccc(C#N)c(-c2ccc(C=O)cc2)c1F. The molecule has 0 spiro atoms. The Bertz CT molecular complexity index is 639. The number of nitriles is 1. The third kappa shape index (κ3) is 2.01. The maximum Gasteiger partial charge on any atom is 0.150 e. The fraction of sp³-hybridized carbons (Fsp3) is 0.0667. The van der Waals surface area contributed by atoms with Gasteiger partial charge in [-0.3, -0.25) is 4.79 Å². The third-order valence-electron chi connectivity index (χ3n) is 2.79. The maximum atomic E-state index is 14.1. The number of carbonyl (C=O) groups excluding carboxylic acids is 1. The summed E-state index contributed by atoms with van der Waals surface area (Å²) in [6.45, 7) is 1.65. The Balaban J connectivity index is 2.65. The van der Waals surface area contributed by atoms with Crippen LogP contribution in [0.1, 0.15) is 21.5 Å². The standard InChI is InChI=1S/C15H10FNO/c1-10-2-5-13(8-17)14(15(10)16)12-6-3-11(9-18)4-7-12/h2-7,9H,1H3. The number of hydrogen-bond acceptors (Lipinski definition) is 2. The van der Waals surface area contributed by atoms with E-state index in [4.69, 9.17) is 5.26 Å². The first-order valence-electron chi connectivity index (χ1n) is 5.42. The number of rotatable bonds is 2. The molecule has 0 radical (unpaired) electrons. The van der Waals surface area contributed by atoms with Gasteiger partial charge in [-0.05, 0) is 24.1 Å². The lowest BCUT2D eigenvalue weighted by Gasteiger charge is -2.08. The summed E-state index contributed by atoms with van der Waals surface area (Å²) in [7, 11) is 0. The molecule has 0 saturated carbocycles. The maximum absolute atomic E-state index is 14.1. The van der Waals surface area contributed by atoms with Gasteiger partial charge in [-0.1, -0.05) is 30.3 Å². The molecule has 0 unspecified atom stereocenters. The average Bonchev–Trinajstić information content (AvgIpc) is 2.42. The van der Waals surface area contributed by atoms with Crippen molar-refractivity contribution in [3.05, 3.63) is 58.9 Å². The predicted octanol–water partition coefficient (Wildman–Crippen LogP) is 3.49. The topological polar surface area (TPSA) is 40.9 Å². The lowest BCUT2D eigenvalue weighted by atomic mass is 9.96. The number of carbonyl (C=O) groups is 1. The predicted molar refractivity (Wildman–Crippen MR) is 66.7 cm³/mol. The highest BCUT2D eigenvalue weighted by molar-refractivity contribution is 5.78. The van der Waals surface area contributed by atoms with Crippen LogP contribution in [0.2, 0.25) is 0 Å². The Morgan fingerprint density at radius 3 is 2.39 bits per heavy atom. The van der Waals surface area contributed by atoms with Crippen molar-refractivity contribution in [2.45, 2.75) is 6.92 Å². The number of aldehydes is 1. The van der Waals surface area contributed by atoms with E-state index in [9.17, 15) is 9.18 Å². The van der Waals surface area contributed by atoms with Crippen LogP contribution in [0.3, 0.4) is 0 Å². The zero-order valence-electron chi connectivity index (χ0n) is 9.77. The molecular weight excluding hydrogens is 229 g/mol. The van der Waals surface area contributed by atoms with Gasteiger partial charge in [0.2, 0.25) is 0 Å². The minimum Gasteiger partial charge on any atom is -0.298 e. The molecule has 0 N–H and O–H groups in total. The number of halogens is 1. The molecule has 0 bridgehead atoms. The van der Waals surface area contributed by atoms with Gasteiger partial charge in [-0.2, -0.15) is 5.26 Å². The number of nitrogens with zero attached hydrogens (tertiary/aromatic N) is 1. The zero-order chi connectivity index (χ0) is 13.1. The van der Waals surface area contributed by atoms with Crippen LogP contribution in [0.25, 0.3) is 11.1 Å². The zero-order valence-corrected chi connectivity index (χ0v) is 9.77. The Labute approximate surface area is 104 Å². The number of hydrogen-bond donors (Lipinski definition) is 0. The van der Waals surface area contributed by atoms with Crippen molar-refractivity contribution >= 4 is 6.29 Å². The highest BCUT2D eigenvalue weighted by atomic mass is 19.1. The Kier molecular flexibility index (Phi) is 3.20. The molecule has 0 amide bonds. The normalized spacial score (nSPS) is 9.83. The van der Waals surface area contributed by atoms with Crippen molar-refractivity contribution in [2.24, 2.45) is 0 Å². The molecule has 0 heterocycles. The van der Waals surface area contributed by atoms with E-state index in [0.717, 1.165) is 6.29 Å². The summed E-state index contributed by atoms with van der Waals surface area (Å²) < 4.78 is 14.1. The van der Waals surface area contributed by atoms with Crippen LogP contribution in [0, 0.1) is 24.1 Å². The second-order valence-corrected chi connectivity index (χ2v) is 3.97. The minimum absolute atomic E-state index is 0.287. The van der Waals surface area contributed by atoms with Crippen molar-refractivity contribution < 1.29 is 9.18 Å². The molecule has 88 valence electrons. The van der Waals surface area contributed by atoms with E-state index in [-0.39, 0.29) is 11.1 Å². The fourth-order valence-corrected chi connectivity index (χ4v) is 1.78. The minimum atomic E-state index is -0.395. The van der Waals surface area contributed by atoms with E-state index >= 15 is 0 Å². The van der Waals surface area contributed by atoms with Gasteiger partial charge in [-0.15, -0.1) is 0 Å². The first-order valence-corrected chi connectivity index (χ1v) is 5.42. The van der Waals surface area contributed by atoms with Gasteiger partial charge in [0.1, 0.15) is 12.1 Å². The summed E-state index contributed by atoms with van der Waals surface area (Å²) in [5.41, 5.74) is 2.18. The van der Waals surface area contributed by atoms with Crippen LogP contribution in [0.4, 0.5) is 4.39 Å². The van der Waals surface area contributed by atoms with Gasteiger partial charge < -0.3 is 0 Å². The summed E-state index contributed by atoms with van der Waals surface area (Å²) in [5.74, 6) is -0.395. The number of benzene rings is 2. The van der Waals surface area contributed by atoms with E-state index < -0.39 is 5.82 Å². The van der Waals surface area contributed by atoms with E-state index in [0.29, 0.717) is 16.7 Å². The Morgan fingerprint density at radius 1 is 1.17 bits per heavy atom. The van der Waals surface area contributed by atoms with E-state index in [1.165, 1.54) is 0 Å². The van der Waals surface area contributed by atoms with Crippen molar-refractivity contribution in [3.63, 3.8) is 0 Å². The lowest BCUT2D eigenvalue weighted by molar-refractivity contribution is 0.112. The number of aryl methyl sites for hydroxylation is 1. The summed E-state index contributed by atoms with van der Waals surface area (Å²) in [6.07, 6.45) is 0.724. The van der Waals surface area contributed by atoms with Crippen molar-refractivity contribution in [1.82, 2.24) is 0 Å². The Hall–Kier alpha value is -2.47. The van der Waals surface area contributed by atoms with Crippen molar-refractivity contribution in [1.29, 1.82) is 5.26 Å². The molecule has 18 heavy (non-hydrogen) atoms. The van der Waals surface area contributed by atoms with E-state index in [1.54, 1.807) is 43.3 Å². The summed E-state index contributed by atoms with van der Waals surface area (Å²) in [5, 5.41) is 9.02. The molecule has 0 aliphatic rings. The molecule has 2 aromatic rings. The molecule has 0 atom stereocenters. The van der Waals surface area contributed by atoms with Crippen molar-refractivity contribution in [2.75, 3.05) is 0 Å². The molecule has 0 saturated heterocycles.